The van der Waals surface area contributed by atoms with Crippen LogP contribution in [0.1, 0.15) is 16.2 Å². The fourth-order valence-electron chi connectivity index (χ4n) is 1.35. The van der Waals surface area contributed by atoms with E-state index in [0.717, 1.165) is 4.47 Å². The summed E-state index contributed by atoms with van der Waals surface area (Å²) in [4.78, 5) is 18.7. The Morgan fingerprint density at radius 1 is 1.53 bits per heavy atom. The summed E-state index contributed by atoms with van der Waals surface area (Å²) in [7, 11) is 0. The van der Waals surface area contributed by atoms with Gasteiger partial charge < -0.3 is 16.0 Å². The van der Waals surface area contributed by atoms with Crippen LogP contribution in [0.5, 0.6) is 0 Å². The van der Waals surface area contributed by atoms with Crippen LogP contribution >= 0.6 is 15.9 Å². The second-order valence-electron chi connectivity index (χ2n) is 3.45. The van der Waals surface area contributed by atoms with E-state index < -0.39 is 0 Å². The lowest BCUT2D eigenvalue weighted by molar-refractivity contribution is 0.0950. The first-order chi connectivity index (χ1) is 8.16. The van der Waals surface area contributed by atoms with Gasteiger partial charge in [0.2, 0.25) is 0 Å². The minimum atomic E-state index is -0.180. The number of aromatic nitrogens is 2. The van der Waals surface area contributed by atoms with E-state index in [2.05, 4.69) is 31.2 Å². The van der Waals surface area contributed by atoms with Gasteiger partial charge >= 0.3 is 0 Å². The van der Waals surface area contributed by atoms with E-state index >= 15 is 0 Å². The molecule has 0 unspecified atom stereocenters. The molecule has 0 saturated carbocycles. The topological polar surface area (TPSA) is 83.8 Å². The monoisotopic (exact) mass is 294 g/mol. The average Bonchev–Trinajstić information content (AvgIpc) is 2.82. The normalized spacial score (nSPS) is 10.2. The lowest BCUT2D eigenvalue weighted by atomic mass is 10.2. The minimum Gasteiger partial charge on any atom is -0.398 e. The van der Waals surface area contributed by atoms with Crippen LogP contribution < -0.4 is 11.1 Å². The first-order valence-corrected chi connectivity index (χ1v) is 5.77. The van der Waals surface area contributed by atoms with E-state index in [0.29, 0.717) is 23.6 Å². The molecule has 0 aliphatic carbocycles. The molecule has 0 fully saturated rings. The van der Waals surface area contributed by atoms with E-state index in [9.17, 15) is 4.79 Å². The summed E-state index contributed by atoms with van der Waals surface area (Å²) < 4.78 is 0.778. The van der Waals surface area contributed by atoms with Crippen molar-refractivity contribution < 1.29 is 4.79 Å². The first kappa shape index (κ1) is 11.7. The van der Waals surface area contributed by atoms with Crippen LogP contribution in [-0.2, 0) is 6.54 Å². The molecule has 0 aliphatic rings. The number of hydrogen-bond acceptors (Lipinski definition) is 3. The number of rotatable bonds is 3. The minimum absolute atomic E-state index is 0.180. The van der Waals surface area contributed by atoms with Gasteiger partial charge in [0.15, 0.2) is 0 Å². The summed E-state index contributed by atoms with van der Waals surface area (Å²) in [6.45, 7) is 0.363. The lowest BCUT2D eigenvalue weighted by Crippen LogP contribution is -2.23. The Morgan fingerprint density at radius 2 is 2.35 bits per heavy atom. The van der Waals surface area contributed by atoms with Crippen LogP contribution in [0.25, 0.3) is 0 Å². The number of nitrogens with zero attached hydrogens (tertiary/aromatic N) is 1. The predicted molar refractivity (Wildman–Crippen MR) is 68.3 cm³/mol. The third-order valence-corrected chi connectivity index (χ3v) is 2.95. The summed E-state index contributed by atoms with van der Waals surface area (Å²) >= 11 is 3.28. The Labute approximate surface area is 107 Å². The third-order valence-electron chi connectivity index (χ3n) is 2.23. The molecular weight excluding hydrogens is 284 g/mol. The molecule has 5 nitrogen and oxygen atoms in total. The maximum Gasteiger partial charge on any atom is 0.251 e. The van der Waals surface area contributed by atoms with Gasteiger partial charge in [0.1, 0.15) is 5.82 Å². The van der Waals surface area contributed by atoms with Crippen LogP contribution in [0, 0.1) is 0 Å². The second-order valence-corrected chi connectivity index (χ2v) is 4.31. The number of aromatic amines is 1. The van der Waals surface area contributed by atoms with Crippen molar-refractivity contribution >= 4 is 27.5 Å². The van der Waals surface area contributed by atoms with Crippen molar-refractivity contribution in [2.24, 2.45) is 0 Å². The molecule has 0 radical (unpaired) electrons. The fourth-order valence-corrected chi connectivity index (χ4v) is 1.59. The van der Waals surface area contributed by atoms with Gasteiger partial charge in [-0.25, -0.2) is 4.98 Å². The van der Waals surface area contributed by atoms with Gasteiger partial charge in [0, 0.05) is 28.1 Å². The number of nitrogens with two attached hydrogens (primary N) is 1. The Kier molecular flexibility index (Phi) is 3.43. The molecule has 1 aromatic carbocycles. The highest BCUT2D eigenvalue weighted by molar-refractivity contribution is 9.10. The maximum atomic E-state index is 11.8. The number of H-pyrrole nitrogens is 1. The average molecular weight is 295 g/mol. The van der Waals surface area contributed by atoms with Gasteiger partial charge in [-0.1, -0.05) is 0 Å². The van der Waals surface area contributed by atoms with Gasteiger partial charge in [-0.2, -0.15) is 0 Å². The van der Waals surface area contributed by atoms with E-state index in [-0.39, 0.29) is 5.91 Å². The van der Waals surface area contributed by atoms with Gasteiger partial charge in [0.25, 0.3) is 5.91 Å². The van der Waals surface area contributed by atoms with Crippen molar-refractivity contribution in [1.29, 1.82) is 0 Å². The van der Waals surface area contributed by atoms with Crippen molar-refractivity contribution in [1.82, 2.24) is 15.3 Å². The number of anilines is 1. The number of nitrogen functional groups attached to an aromatic ring is 1. The summed E-state index contributed by atoms with van der Waals surface area (Å²) in [6, 6.07) is 5.08. The van der Waals surface area contributed by atoms with Crippen molar-refractivity contribution in [2.45, 2.75) is 6.54 Å². The second kappa shape index (κ2) is 5.01. The van der Waals surface area contributed by atoms with Crippen LogP contribution in [0.4, 0.5) is 5.69 Å². The number of imidazole rings is 1. The van der Waals surface area contributed by atoms with Crippen LogP contribution in [0.15, 0.2) is 35.1 Å². The summed E-state index contributed by atoms with van der Waals surface area (Å²) in [6.07, 6.45) is 3.35. The van der Waals surface area contributed by atoms with Crippen molar-refractivity contribution in [3.05, 3.63) is 46.5 Å². The Hall–Kier alpha value is -1.82. The molecule has 0 saturated heterocycles. The predicted octanol–water partition coefficient (Wildman–Crippen LogP) is 1.68. The molecule has 1 heterocycles. The van der Waals surface area contributed by atoms with E-state index in [1.807, 2.05) is 0 Å². The fraction of sp³-hybridized carbons (Fsp3) is 0.0909. The highest BCUT2D eigenvalue weighted by Gasteiger charge is 2.07. The first-order valence-electron chi connectivity index (χ1n) is 4.98. The van der Waals surface area contributed by atoms with E-state index in [4.69, 9.17) is 5.73 Å². The highest BCUT2D eigenvalue weighted by Crippen LogP contribution is 2.20. The molecule has 1 amide bonds. The molecule has 0 bridgehead atoms. The van der Waals surface area contributed by atoms with Gasteiger partial charge in [0.05, 0.1) is 6.54 Å². The molecule has 17 heavy (non-hydrogen) atoms. The summed E-state index contributed by atoms with van der Waals surface area (Å²) in [5.74, 6) is 0.532. The summed E-state index contributed by atoms with van der Waals surface area (Å²) in [5.41, 5.74) is 6.77. The molecule has 0 atom stereocenters. The van der Waals surface area contributed by atoms with Crippen LogP contribution in [0.2, 0.25) is 0 Å². The zero-order valence-electron chi connectivity index (χ0n) is 8.90. The SMILES string of the molecule is Nc1cc(C(=O)NCc2ncc[nH]2)ccc1Br. The largest absolute Gasteiger partial charge is 0.398 e. The van der Waals surface area contributed by atoms with E-state index in [1.165, 1.54) is 0 Å². The summed E-state index contributed by atoms with van der Waals surface area (Å²) in [5, 5.41) is 2.74. The van der Waals surface area contributed by atoms with Crippen molar-refractivity contribution in [2.75, 3.05) is 5.73 Å². The number of nitrogens with one attached hydrogen (secondary N) is 2. The Bertz CT molecular complexity index is 524. The molecule has 2 rings (SSSR count). The van der Waals surface area contributed by atoms with Crippen LogP contribution in [-0.4, -0.2) is 15.9 Å². The highest BCUT2D eigenvalue weighted by atomic mass is 79.9. The maximum absolute atomic E-state index is 11.8. The number of benzene rings is 1. The quantitative estimate of drug-likeness (QED) is 0.753. The molecular formula is C11H11BrN4O. The molecule has 4 N–H and O–H groups in total. The molecule has 1 aromatic heterocycles. The van der Waals surface area contributed by atoms with E-state index in [1.54, 1.807) is 30.6 Å². The zero-order chi connectivity index (χ0) is 12.3. The number of amides is 1. The molecule has 6 heteroatoms. The smallest absolute Gasteiger partial charge is 0.251 e. The number of carbonyl (C=O) groups excluding carboxylic acids is 1. The number of hydrogen-bond donors (Lipinski definition) is 3. The van der Waals surface area contributed by atoms with Crippen LogP contribution in [0.3, 0.4) is 0 Å². The molecule has 0 spiro atoms. The lowest BCUT2D eigenvalue weighted by Gasteiger charge is -2.05. The number of halogens is 1. The van der Waals surface area contributed by atoms with Gasteiger partial charge in [-0.3, -0.25) is 4.79 Å². The zero-order valence-corrected chi connectivity index (χ0v) is 10.5. The Balaban J connectivity index is 2.02. The standard InChI is InChI=1S/C11H11BrN4O/c12-8-2-1-7(5-9(8)13)11(17)16-6-10-14-3-4-15-10/h1-5H,6,13H2,(H,14,15)(H,16,17). The molecule has 88 valence electrons. The van der Waals surface area contributed by atoms with Gasteiger partial charge in [-0.05, 0) is 34.1 Å². The Morgan fingerprint density at radius 3 is 3.00 bits per heavy atom. The molecule has 0 aliphatic heterocycles. The van der Waals surface area contributed by atoms with Crippen molar-refractivity contribution in [3.8, 4) is 0 Å². The third kappa shape index (κ3) is 2.85. The van der Waals surface area contributed by atoms with Crippen molar-refractivity contribution in [3.63, 3.8) is 0 Å². The molecule has 2 aromatic rings. The van der Waals surface area contributed by atoms with Gasteiger partial charge in [-0.15, -0.1) is 0 Å². The number of carbonyl (C=O) groups is 1.